The summed E-state index contributed by atoms with van der Waals surface area (Å²) in [6.07, 6.45) is 5.23. The molecule has 1 fully saturated rings. The van der Waals surface area contributed by atoms with E-state index in [4.69, 9.17) is 4.74 Å². The molecule has 1 aromatic heterocycles. The number of rotatable bonds is 7. The third kappa shape index (κ3) is 4.26. The first-order valence-electron chi connectivity index (χ1n) is 8.68. The fourth-order valence-electron chi connectivity index (χ4n) is 3.09. The van der Waals surface area contributed by atoms with Crippen molar-refractivity contribution in [1.82, 2.24) is 15.2 Å². The highest BCUT2D eigenvalue weighted by Gasteiger charge is 2.29. The van der Waals surface area contributed by atoms with E-state index in [-0.39, 0.29) is 30.1 Å². The molecule has 1 aliphatic rings. The smallest absolute Gasteiger partial charge is 0.237 e. The van der Waals surface area contributed by atoms with Gasteiger partial charge in [0.1, 0.15) is 0 Å². The van der Waals surface area contributed by atoms with Crippen molar-refractivity contribution in [2.24, 2.45) is 0 Å². The molecule has 2 aromatic rings. The van der Waals surface area contributed by atoms with Gasteiger partial charge in [-0.15, -0.1) is 6.58 Å². The van der Waals surface area contributed by atoms with Crippen molar-refractivity contribution in [1.29, 1.82) is 0 Å². The number of amides is 1. The normalized spacial score (nSPS) is 17.0. The molecule has 2 heterocycles. The van der Waals surface area contributed by atoms with E-state index in [0.717, 1.165) is 19.4 Å². The monoisotopic (exact) mass is 355 g/mol. The molecule has 136 valence electrons. The van der Waals surface area contributed by atoms with Gasteiger partial charge in [0.15, 0.2) is 11.6 Å². The van der Waals surface area contributed by atoms with Crippen molar-refractivity contribution in [3.8, 4) is 11.6 Å². The van der Waals surface area contributed by atoms with Crippen LogP contribution >= 0.6 is 0 Å². The predicted octanol–water partition coefficient (Wildman–Crippen LogP) is 3.28. The largest absolute Gasteiger partial charge is 0.436 e. The van der Waals surface area contributed by atoms with Gasteiger partial charge in [-0.05, 0) is 37.6 Å². The summed E-state index contributed by atoms with van der Waals surface area (Å²) in [5, 5.41) is 2.94. The molecule has 0 unspecified atom stereocenters. The maximum absolute atomic E-state index is 13.8. The molecule has 0 aliphatic carbocycles. The molecule has 3 rings (SSSR count). The zero-order chi connectivity index (χ0) is 18.4. The van der Waals surface area contributed by atoms with Gasteiger partial charge in [-0.25, -0.2) is 9.37 Å². The highest BCUT2D eigenvalue weighted by atomic mass is 19.1. The summed E-state index contributed by atoms with van der Waals surface area (Å²) in [4.78, 5) is 18.8. The summed E-state index contributed by atoms with van der Waals surface area (Å²) >= 11 is 0. The van der Waals surface area contributed by atoms with Crippen molar-refractivity contribution in [3.05, 3.63) is 66.6 Å². The van der Waals surface area contributed by atoms with E-state index in [2.05, 4.69) is 21.8 Å². The first-order valence-corrected chi connectivity index (χ1v) is 8.68. The average molecular weight is 355 g/mol. The first-order chi connectivity index (χ1) is 12.7. The van der Waals surface area contributed by atoms with Gasteiger partial charge in [-0.1, -0.05) is 24.3 Å². The number of nitrogens with zero attached hydrogens (tertiary/aromatic N) is 2. The van der Waals surface area contributed by atoms with Crippen molar-refractivity contribution in [3.63, 3.8) is 0 Å². The SMILES string of the molecule is C=CCN1CCC[C@@H]1C(=O)NCc1cccnc1Oc1ccccc1F. The molecule has 1 aliphatic heterocycles. The number of hydrogen-bond donors (Lipinski definition) is 1. The van der Waals surface area contributed by atoms with Gasteiger partial charge in [-0.2, -0.15) is 0 Å². The number of likely N-dealkylation sites (tertiary alicyclic amines) is 1. The Hall–Kier alpha value is -2.73. The minimum absolute atomic E-state index is 0.0231. The number of para-hydroxylation sites is 1. The predicted molar refractivity (Wildman–Crippen MR) is 97.3 cm³/mol. The Labute approximate surface area is 152 Å². The second-order valence-electron chi connectivity index (χ2n) is 6.16. The fraction of sp³-hybridized carbons (Fsp3) is 0.300. The molecule has 0 radical (unpaired) electrons. The zero-order valence-electron chi connectivity index (χ0n) is 14.5. The standard InChI is InChI=1S/C20H22FN3O2/c1-2-12-24-13-6-9-17(24)19(25)23-14-15-7-5-11-22-20(15)26-18-10-4-3-8-16(18)21/h2-5,7-8,10-11,17H,1,6,9,12-14H2,(H,23,25)/t17-/m1/s1. The molecule has 1 amide bonds. The van der Waals surface area contributed by atoms with Crippen LogP contribution in [0.25, 0.3) is 0 Å². The number of nitrogens with one attached hydrogen (secondary N) is 1. The summed E-state index contributed by atoms with van der Waals surface area (Å²) < 4.78 is 19.4. The Morgan fingerprint density at radius 1 is 1.38 bits per heavy atom. The van der Waals surface area contributed by atoms with Gasteiger partial charge >= 0.3 is 0 Å². The number of benzene rings is 1. The number of hydrogen-bond acceptors (Lipinski definition) is 4. The average Bonchev–Trinajstić information content (AvgIpc) is 3.11. The molecule has 1 N–H and O–H groups in total. The summed E-state index contributed by atoms with van der Waals surface area (Å²) in [6.45, 7) is 5.62. The van der Waals surface area contributed by atoms with E-state index in [0.29, 0.717) is 12.1 Å². The number of ether oxygens (including phenoxy) is 1. The number of pyridine rings is 1. The quantitative estimate of drug-likeness (QED) is 0.775. The van der Waals surface area contributed by atoms with Crippen molar-refractivity contribution in [2.45, 2.75) is 25.4 Å². The number of carbonyl (C=O) groups is 1. The van der Waals surface area contributed by atoms with Crippen molar-refractivity contribution >= 4 is 5.91 Å². The van der Waals surface area contributed by atoms with Crippen LogP contribution in [0.3, 0.4) is 0 Å². The molecular weight excluding hydrogens is 333 g/mol. The van der Waals surface area contributed by atoms with Crippen LogP contribution in [0.4, 0.5) is 4.39 Å². The zero-order valence-corrected chi connectivity index (χ0v) is 14.5. The summed E-state index contributed by atoms with van der Waals surface area (Å²) in [7, 11) is 0. The Balaban J connectivity index is 1.66. The van der Waals surface area contributed by atoms with E-state index in [1.807, 2.05) is 6.08 Å². The lowest BCUT2D eigenvalue weighted by Crippen LogP contribution is -2.43. The van der Waals surface area contributed by atoms with Gasteiger partial charge in [0.2, 0.25) is 11.8 Å². The second kappa shape index (κ2) is 8.58. The van der Waals surface area contributed by atoms with Gasteiger partial charge in [-0.3, -0.25) is 9.69 Å². The van der Waals surface area contributed by atoms with Gasteiger partial charge in [0, 0.05) is 24.8 Å². The molecule has 26 heavy (non-hydrogen) atoms. The van der Waals surface area contributed by atoms with Crippen molar-refractivity contribution in [2.75, 3.05) is 13.1 Å². The summed E-state index contributed by atoms with van der Waals surface area (Å²) in [6, 6.07) is 9.58. The maximum atomic E-state index is 13.8. The first kappa shape index (κ1) is 18.1. The fourth-order valence-corrected chi connectivity index (χ4v) is 3.09. The van der Waals surface area contributed by atoms with Crippen LogP contribution in [0, 0.1) is 5.82 Å². The molecule has 6 heteroatoms. The van der Waals surface area contributed by atoms with E-state index < -0.39 is 5.82 Å². The van der Waals surface area contributed by atoms with Crippen LogP contribution in [-0.4, -0.2) is 34.9 Å². The van der Waals surface area contributed by atoms with E-state index in [1.54, 1.807) is 30.5 Å². The highest BCUT2D eigenvalue weighted by Crippen LogP contribution is 2.25. The summed E-state index contributed by atoms with van der Waals surface area (Å²) in [5.41, 5.74) is 0.692. The Morgan fingerprint density at radius 2 is 2.23 bits per heavy atom. The van der Waals surface area contributed by atoms with Crippen LogP contribution in [0.5, 0.6) is 11.6 Å². The third-order valence-corrected chi connectivity index (χ3v) is 4.38. The van der Waals surface area contributed by atoms with Gasteiger partial charge in [0.05, 0.1) is 6.04 Å². The number of carbonyl (C=O) groups excluding carboxylic acids is 1. The molecule has 0 bridgehead atoms. The molecule has 0 spiro atoms. The summed E-state index contributed by atoms with van der Waals surface area (Å²) in [5.74, 6) is -0.0943. The van der Waals surface area contributed by atoms with Crippen molar-refractivity contribution < 1.29 is 13.9 Å². The lowest BCUT2D eigenvalue weighted by Gasteiger charge is -2.22. The second-order valence-corrected chi connectivity index (χ2v) is 6.16. The Kier molecular flexibility index (Phi) is 5.96. The van der Waals surface area contributed by atoms with Gasteiger partial charge < -0.3 is 10.1 Å². The number of halogens is 1. The molecule has 1 saturated heterocycles. The molecule has 1 atom stereocenters. The Bertz CT molecular complexity index is 781. The van der Waals surface area contributed by atoms with Crippen LogP contribution in [0.1, 0.15) is 18.4 Å². The molecule has 5 nitrogen and oxygen atoms in total. The lowest BCUT2D eigenvalue weighted by atomic mass is 10.2. The van der Waals surface area contributed by atoms with E-state index in [1.165, 1.54) is 12.1 Å². The molecule has 0 saturated carbocycles. The number of aromatic nitrogens is 1. The minimum Gasteiger partial charge on any atom is -0.436 e. The van der Waals surface area contributed by atoms with E-state index in [9.17, 15) is 9.18 Å². The van der Waals surface area contributed by atoms with Crippen LogP contribution < -0.4 is 10.1 Å². The van der Waals surface area contributed by atoms with Crippen LogP contribution in [0.15, 0.2) is 55.3 Å². The maximum Gasteiger partial charge on any atom is 0.237 e. The highest BCUT2D eigenvalue weighted by molar-refractivity contribution is 5.82. The van der Waals surface area contributed by atoms with Crippen LogP contribution in [0.2, 0.25) is 0 Å². The van der Waals surface area contributed by atoms with E-state index >= 15 is 0 Å². The molecule has 1 aromatic carbocycles. The minimum atomic E-state index is -0.459. The molecular formula is C20H22FN3O2. The van der Waals surface area contributed by atoms with Crippen LogP contribution in [-0.2, 0) is 11.3 Å². The third-order valence-electron chi connectivity index (χ3n) is 4.38. The topological polar surface area (TPSA) is 54.5 Å². The van der Waals surface area contributed by atoms with Gasteiger partial charge in [0.25, 0.3) is 0 Å². The Morgan fingerprint density at radius 3 is 3.04 bits per heavy atom. The lowest BCUT2D eigenvalue weighted by molar-refractivity contribution is -0.125.